The van der Waals surface area contributed by atoms with Gasteiger partial charge in [0.15, 0.2) is 11.8 Å². The van der Waals surface area contributed by atoms with E-state index in [0.717, 1.165) is 48.3 Å². The summed E-state index contributed by atoms with van der Waals surface area (Å²) >= 11 is 0. The van der Waals surface area contributed by atoms with Crippen molar-refractivity contribution in [3.05, 3.63) is 77.4 Å². The van der Waals surface area contributed by atoms with Crippen LogP contribution in [-0.2, 0) is 37.5 Å². The Balaban J connectivity index is 0.00000306. The van der Waals surface area contributed by atoms with E-state index >= 15 is 0 Å². The highest BCUT2D eigenvalue weighted by atomic mass is 127. The van der Waals surface area contributed by atoms with Crippen LogP contribution in [0.5, 0.6) is 5.75 Å². The average Bonchev–Trinajstić information content (AvgIpc) is 3.23. The number of aryl methyl sites for hydroxylation is 1. The lowest BCUT2D eigenvalue weighted by molar-refractivity contribution is 0.177. The number of aromatic nitrogens is 3. The lowest BCUT2D eigenvalue weighted by Crippen LogP contribution is -2.46. The number of fused-ring (bicyclic) bond motifs is 1. The lowest BCUT2D eigenvalue weighted by Gasteiger charge is -2.25. The van der Waals surface area contributed by atoms with E-state index in [2.05, 4.69) is 50.0 Å². The Hall–Kier alpha value is -2.66. The Morgan fingerprint density at radius 2 is 1.85 bits per heavy atom. The molecule has 1 atom stereocenters. The molecule has 1 unspecified atom stereocenters. The van der Waals surface area contributed by atoms with Crippen LogP contribution in [0.2, 0.25) is 0 Å². The molecule has 0 radical (unpaired) electrons. The van der Waals surface area contributed by atoms with E-state index < -0.39 is 0 Å². The maximum absolute atomic E-state index is 5.81. The van der Waals surface area contributed by atoms with Gasteiger partial charge in [0.1, 0.15) is 24.8 Å². The van der Waals surface area contributed by atoms with Gasteiger partial charge in [-0.05, 0) is 29.7 Å². The minimum Gasteiger partial charge on any atom is -0.489 e. The molecule has 0 saturated carbocycles. The van der Waals surface area contributed by atoms with Crippen LogP contribution in [0.15, 0.2) is 59.6 Å². The predicted molar refractivity (Wildman–Crippen MR) is 139 cm³/mol. The summed E-state index contributed by atoms with van der Waals surface area (Å²) in [6.45, 7) is 2.46. The van der Waals surface area contributed by atoms with Crippen LogP contribution in [0.4, 0.5) is 0 Å². The van der Waals surface area contributed by atoms with E-state index in [1.165, 1.54) is 5.56 Å². The number of nitrogens with zero attached hydrogens (tertiary/aromatic N) is 4. The molecule has 1 aliphatic rings. The third-order valence-corrected chi connectivity index (χ3v) is 5.37. The van der Waals surface area contributed by atoms with Crippen molar-refractivity contribution < 1.29 is 9.47 Å². The van der Waals surface area contributed by atoms with Crippen LogP contribution >= 0.6 is 24.0 Å². The lowest BCUT2D eigenvalue weighted by atomic mass is 10.1. The molecule has 0 bridgehead atoms. The molecule has 176 valence electrons. The zero-order chi connectivity index (χ0) is 22.2. The summed E-state index contributed by atoms with van der Waals surface area (Å²) in [7, 11) is 3.45. The van der Waals surface area contributed by atoms with E-state index in [-0.39, 0.29) is 30.0 Å². The van der Waals surface area contributed by atoms with E-state index in [9.17, 15) is 0 Å². The summed E-state index contributed by atoms with van der Waals surface area (Å²) in [4.78, 5) is 8.91. The second-order valence-corrected chi connectivity index (χ2v) is 7.78. The molecule has 0 saturated heterocycles. The number of para-hydroxylation sites is 1. The van der Waals surface area contributed by atoms with Gasteiger partial charge in [0.2, 0.25) is 0 Å². The normalized spacial score (nSPS) is 15.3. The van der Waals surface area contributed by atoms with Crippen molar-refractivity contribution in [3.63, 3.8) is 0 Å². The molecular formula is C24H31IN6O2. The Bertz CT molecular complexity index is 1020. The van der Waals surface area contributed by atoms with Crippen LogP contribution in [0.1, 0.15) is 29.2 Å². The number of ether oxygens (including phenoxy) is 2. The maximum atomic E-state index is 5.81. The monoisotopic (exact) mass is 562 g/mol. The molecule has 8 nitrogen and oxygen atoms in total. The van der Waals surface area contributed by atoms with Gasteiger partial charge in [0.05, 0.1) is 6.54 Å². The second-order valence-electron chi connectivity index (χ2n) is 7.78. The molecule has 1 aliphatic heterocycles. The van der Waals surface area contributed by atoms with Crippen molar-refractivity contribution in [2.75, 3.05) is 14.2 Å². The fourth-order valence-corrected chi connectivity index (χ4v) is 3.68. The van der Waals surface area contributed by atoms with Crippen LogP contribution in [0.25, 0.3) is 0 Å². The summed E-state index contributed by atoms with van der Waals surface area (Å²) in [5.41, 5.74) is 2.32. The van der Waals surface area contributed by atoms with Crippen molar-refractivity contribution in [2.45, 2.75) is 45.2 Å². The van der Waals surface area contributed by atoms with Gasteiger partial charge in [0.25, 0.3) is 0 Å². The van der Waals surface area contributed by atoms with Crippen molar-refractivity contribution in [1.82, 2.24) is 25.4 Å². The molecule has 0 aliphatic carbocycles. The van der Waals surface area contributed by atoms with Crippen LogP contribution in [0.3, 0.4) is 0 Å². The second kappa shape index (κ2) is 12.5. The van der Waals surface area contributed by atoms with Gasteiger partial charge >= 0.3 is 0 Å². The van der Waals surface area contributed by atoms with Crippen molar-refractivity contribution >= 4 is 29.9 Å². The molecule has 9 heteroatoms. The van der Waals surface area contributed by atoms with E-state index in [4.69, 9.17) is 9.47 Å². The molecule has 2 heterocycles. The number of hydrogen-bond acceptors (Lipinski definition) is 5. The highest BCUT2D eigenvalue weighted by molar-refractivity contribution is 14.0. The van der Waals surface area contributed by atoms with Crippen LogP contribution in [-0.4, -0.2) is 40.9 Å². The minimum atomic E-state index is 0. The number of rotatable bonds is 8. The first-order chi connectivity index (χ1) is 15.7. The number of nitrogens with one attached hydrogen (secondary N) is 2. The standard InChI is InChI=1S/C24H30N6O2.HI/c1-25-24(27-20-12-13-23-28-22(17-31-2)29-30(23)15-20)26-14-18-8-10-19(11-9-18)16-32-21-6-4-3-5-7-21;/h3-11,20H,12-17H2,1-2H3,(H2,25,26,27);1H. The Labute approximate surface area is 211 Å². The Morgan fingerprint density at radius 3 is 2.58 bits per heavy atom. The molecule has 0 amide bonds. The van der Waals surface area contributed by atoms with Crippen LogP contribution in [0, 0.1) is 0 Å². The summed E-state index contributed by atoms with van der Waals surface area (Å²) in [5, 5.41) is 11.4. The Morgan fingerprint density at radius 1 is 1.09 bits per heavy atom. The summed E-state index contributed by atoms with van der Waals surface area (Å²) in [6, 6.07) is 18.5. The number of benzene rings is 2. The van der Waals surface area contributed by atoms with Gasteiger partial charge in [-0.2, -0.15) is 5.10 Å². The van der Waals surface area contributed by atoms with E-state index in [1.54, 1.807) is 14.2 Å². The van der Waals surface area contributed by atoms with Crippen LogP contribution < -0.4 is 15.4 Å². The van der Waals surface area contributed by atoms with Gasteiger partial charge in [-0.15, -0.1) is 24.0 Å². The SMILES string of the molecule is CN=C(NCc1ccc(COc2ccccc2)cc1)NC1CCc2nc(COC)nn2C1.I. The predicted octanol–water partition coefficient (Wildman–Crippen LogP) is 3.30. The highest BCUT2D eigenvalue weighted by Gasteiger charge is 2.22. The first-order valence-electron chi connectivity index (χ1n) is 10.9. The molecule has 33 heavy (non-hydrogen) atoms. The zero-order valence-electron chi connectivity index (χ0n) is 19.0. The summed E-state index contributed by atoms with van der Waals surface area (Å²) in [6.07, 6.45) is 1.87. The molecule has 1 aromatic heterocycles. The van der Waals surface area contributed by atoms with Crippen molar-refractivity contribution in [3.8, 4) is 5.75 Å². The zero-order valence-corrected chi connectivity index (χ0v) is 21.4. The van der Waals surface area contributed by atoms with Gasteiger partial charge in [0, 0.05) is 33.2 Å². The first kappa shape index (κ1) is 25.0. The minimum absolute atomic E-state index is 0. The van der Waals surface area contributed by atoms with Crippen molar-refractivity contribution in [1.29, 1.82) is 0 Å². The molecular weight excluding hydrogens is 531 g/mol. The van der Waals surface area contributed by atoms with Gasteiger partial charge in [-0.3, -0.25) is 4.99 Å². The number of halogens is 1. The summed E-state index contributed by atoms with van der Waals surface area (Å²) in [5.74, 6) is 3.42. The summed E-state index contributed by atoms with van der Waals surface area (Å²) < 4.78 is 12.9. The molecule has 0 spiro atoms. The van der Waals surface area contributed by atoms with E-state index in [0.29, 0.717) is 19.8 Å². The largest absolute Gasteiger partial charge is 0.489 e. The topological polar surface area (TPSA) is 85.6 Å². The fourth-order valence-electron chi connectivity index (χ4n) is 3.68. The number of guanidine groups is 1. The van der Waals surface area contributed by atoms with E-state index in [1.807, 2.05) is 35.0 Å². The molecule has 3 aromatic rings. The number of hydrogen-bond donors (Lipinski definition) is 2. The molecule has 2 aromatic carbocycles. The van der Waals surface area contributed by atoms with Gasteiger partial charge in [-0.25, -0.2) is 9.67 Å². The van der Waals surface area contributed by atoms with Gasteiger partial charge in [-0.1, -0.05) is 42.5 Å². The smallest absolute Gasteiger partial charge is 0.191 e. The molecule has 4 rings (SSSR count). The van der Waals surface area contributed by atoms with Gasteiger partial charge < -0.3 is 20.1 Å². The number of methoxy groups -OCH3 is 1. The molecule has 2 N–H and O–H groups in total. The van der Waals surface area contributed by atoms with Crippen molar-refractivity contribution in [2.24, 2.45) is 4.99 Å². The Kier molecular flexibility index (Phi) is 9.49. The third-order valence-electron chi connectivity index (χ3n) is 5.37. The maximum Gasteiger partial charge on any atom is 0.191 e. The quantitative estimate of drug-likeness (QED) is 0.249. The first-order valence-corrected chi connectivity index (χ1v) is 10.9. The average molecular weight is 562 g/mol. The fraction of sp³-hybridized carbons (Fsp3) is 0.375. The third kappa shape index (κ3) is 7.16. The molecule has 0 fully saturated rings. The highest BCUT2D eigenvalue weighted by Crippen LogP contribution is 2.14. The number of aliphatic imine (C=N–C) groups is 1.